The second kappa shape index (κ2) is 6.27. The van der Waals surface area contributed by atoms with Crippen molar-refractivity contribution < 1.29 is 13.6 Å². The summed E-state index contributed by atoms with van der Waals surface area (Å²) in [4.78, 5) is 0. The van der Waals surface area contributed by atoms with Crippen LogP contribution in [0.3, 0.4) is 0 Å². The van der Waals surface area contributed by atoms with Gasteiger partial charge in [0.2, 0.25) is 0 Å². The number of hydrogen-bond donors (Lipinski definition) is 0. The Balaban J connectivity index is 1.35. The Bertz CT molecular complexity index is 1590. The normalized spacial score (nSPS) is 21.9. The zero-order chi connectivity index (χ0) is 21.3. The number of ether oxygens (including phenoxy) is 1. The predicted octanol–water partition coefficient (Wildman–Crippen LogP) is 7.87. The summed E-state index contributed by atoms with van der Waals surface area (Å²) in [6, 6.07) is 22.7. The van der Waals surface area contributed by atoms with Crippen molar-refractivity contribution in [3.05, 3.63) is 103 Å². The first-order valence-electron chi connectivity index (χ1n) is 10.9. The lowest BCUT2D eigenvalue weighted by atomic mass is 9.87. The van der Waals surface area contributed by atoms with Gasteiger partial charge in [-0.15, -0.1) is 0 Å². The van der Waals surface area contributed by atoms with E-state index in [9.17, 15) is 0 Å². The third-order valence-electron chi connectivity index (χ3n) is 6.64. The maximum absolute atomic E-state index is 6.38. The number of furan rings is 2. The fourth-order valence-corrected chi connectivity index (χ4v) is 4.85. The zero-order valence-corrected chi connectivity index (χ0v) is 17.5. The Morgan fingerprint density at radius 3 is 2.34 bits per heavy atom. The molecule has 3 nitrogen and oxygen atoms in total. The van der Waals surface area contributed by atoms with Crippen LogP contribution in [0.4, 0.5) is 0 Å². The molecule has 0 radical (unpaired) electrons. The Hall–Kier alpha value is -3.98. The molecule has 0 saturated heterocycles. The highest BCUT2D eigenvalue weighted by Crippen LogP contribution is 2.43. The van der Waals surface area contributed by atoms with Crippen molar-refractivity contribution in [3.8, 4) is 11.3 Å². The first-order valence-corrected chi connectivity index (χ1v) is 10.9. The fourth-order valence-electron chi connectivity index (χ4n) is 4.85. The zero-order valence-electron chi connectivity index (χ0n) is 17.5. The molecule has 2 atom stereocenters. The smallest absolute Gasteiger partial charge is 0.135 e. The van der Waals surface area contributed by atoms with Crippen LogP contribution in [0.5, 0.6) is 0 Å². The van der Waals surface area contributed by atoms with Gasteiger partial charge in [0, 0.05) is 33.2 Å². The summed E-state index contributed by atoms with van der Waals surface area (Å²) in [5.74, 6) is 2.02. The molecule has 2 aliphatic rings. The lowest BCUT2D eigenvalue weighted by Crippen LogP contribution is -2.29. The molecule has 2 aromatic heterocycles. The second-order valence-corrected chi connectivity index (χ2v) is 8.76. The molecule has 2 unspecified atom stereocenters. The highest BCUT2D eigenvalue weighted by atomic mass is 16.5. The Morgan fingerprint density at radius 2 is 1.53 bits per heavy atom. The van der Waals surface area contributed by atoms with Crippen molar-refractivity contribution >= 4 is 38.7 Å². The van der Waals surface area contributed by atoms with Crippen LogP contribution in [-0.4, -0.2) is 5.60 Å². The number of para-hydroxylation sites is 1. The van der Waals surface area contributed by atoms with Crippen molar-refractivity contribution in [3.63, 3.8) is 0 Å². The highest BCUT2D eigenvalue weighted by Gasteiger charge is 2.38. The third-order valence-corrected chi connectivity index (χ3v) is 6.64. The first-order chi connectivity index (χ1) is 15.7. The van der Waals surface area contributed by atoms with Crippen molar-refractivity contribution in [2.45, 2.75) is 12.5 Å². The second-order valence-electron chi connectivity index (χ2n) is 8.76. The van der Waals surface area contributed by atoms with E-state index in [1.807, 2.05) is 30.3 Å². The van der Waals surface area contributed by atoms with Crippen molar-refractivity contribution in [1.29, 1.82) is 0 Å². The fraction of sp³-hybridized carbons (Fsp3) is 0.103. The highest BCUT2D eigenvalue weighted by molar-refractivity contribution is 6.07. The molecule has 7 rings (SSSR count). The summed E-state index contributed by atoms with van der Waals surface area (Å²) in [6.07, 6.45) is 10.7. The minimum atomic E-state index is -0.314. The molecule has 0 bridgehead atoms. The van der Waals surface area contributed by atoms with Gasteiger partial charge in [-0.3, -0.25) is 0 Å². The predicted molar refractivity (Wildman–Crippen MR) is 128 cm³/mol. The van der Waals surface area contributed by atoms with Crippen LogP contribution in [0.25, 0.3) is 50.0 Å². The topological polar surface area (TPSA) is 35.5 Å². The molecule has 5 aromatic rings. The van der Waals surface area contributed by atoms with Gasteiger partial charge in [0.1, 0.15) is 33.9 Å². The van der Waals surface area contributed by atoms with Crippen LogP contribution in [0.15, 0.2) is 106 Å². The summed E-state index contributed by atoms with van der Waals surface area (Å²) in [5.41, 5.74) is 4.41. The summed E-state index contributed by atoms with van der Waals surface area (Å²) in [5, 5.41) is 3.25. The lowest BCUT2D eigenvalue weighted by Gasteiger charge is -2.28. The van der Waals surface area contributed by atoms with Crippen molar-refractivity contribution in [2.75, 3.05) is 0 Å². The van der Waals surface area contributed by atoms with Gasteiger partial charge in [0.15, 0.2) is 0 Å². The van der Waals surface area contributed by atoms with Crippen LogP contribution in [-0.2, 0) is 4.74 Å². The van der Waals surface area contributed by atoms with Crippen LogP contribution < -0.4 is 0 Å². The van der Waals surface area contributed by atoms with Gasteiger partial charge in [-0.05, 0) is 67.6 Å². The van der Waals surface area contributed by atoms with Gasteiger partial charge in [-0.2, -0.15) is 0 Å². The molecule has 0 N–H and O–H groups in total. The van der Waals surface area contributed by atoms with Gasteiger partial charge < -0.3 is 13.6 Å². The minimum Gasteiger partial charge on any atom is -0.482 e. The molecular weight excluding hydrogens is 396 g/mol. The average Bonchev–Trinajstić information content (AvgIpc) is 3.50. The average molecular weight is 416 g/mol. The maximum atomic E-state index is 6.38. The van der Waals surface area contributed by atoms with E-state index in [2.05, 4.69) is 73.7 Å². The molecule has 3 aromatic carbocycles. The monoisotopic (exact) mass is 416 g/mol. The number of allylic oxidation sites excluding steroid dienone is 2. The minimum absolute atomic E-state index is 0.249. The van der Waals surface area contributed by atoms with Gasteiger partial charge in [0.05, 0.1) is 0 Å². The largest absolute Gasteiger partial charge is 0.482 e. The van der Waals surface area contributed by atoms with E-state index in [-0.39, 0.29) is 11.5 Å². The number of fused-ring (bicyclic) bond motifs is 5. The molecule has 0 fully saturated rings. The SMILES string of the molecule is CC12C=CC=CC1C=C(c1ccc3oc4ccc(-c5cc6ccccc6o5)cc4c3c1)O2. The quantitative estimate of drug-likeness (QED) is 0.294. The van der Waals surface area contributed by atoms with Crippen molar-refractivity contribution in [1.82, 2.24) is 0 Å². The molecule has 32 heavy (non-hydrogen) atoms. The molecule has 154 valence electrons. The summed E-state index contributed by atoms with van der Waals surface area (Å²) in [7, 11) is 0. The standard InChI is InChI=1S/C29H20O3/c1-29-13-5-4-7-21(29)17-28(32-29)20-10-12-26-23(15-20)22-14-19(9-11-25(22)31-26)27-16-18-6-2-3-8-24(18)30-27/h2-17,21H,1H3. The van der Waals surface area contributed by atoms with E-state index < -0.39 is 0 Å². The Kier molecular flexibility index (Phi) is 3.46. The van der Waals surface area contributed by atoms with Crippen LogP contribution in [0, 0.1) is 5.92 Å². The van der Waals surface area contributed by atoms with E-state index in [4.69, 9.17) is 13.6 Å². The Labute approximate surface area is 184 Å². The molecule has 3 heteroatoms. The van der Waals surface area contributed by atoms with Gasteiger partial charge >= 0.3 is 0 Å². The van der Waals surface area contributed by atoms with E-state index in [0.717, 1.165) is 55.6 Å². The number of benzene rings is 3. The van der Waals surface area contributed by atoms with Crippen LogP contribution in [0.2, 0.25) is 0 Å². The lowest BCUT2D eigenvalue weighted by molar-refractivity contribution is 0.104. The summed E-state index contributed by atoms with van der Waals surface area (Å²) >= 11 is 0. The van der Waals surface area contributed by atoms with E-state index >= 15 is 0 Å². The van der Waals surface area contributed by atoms with Gasteiger partial charge in [-0.25, -0.2) is 0 Å². The maximum Gasteiger partial charge on any atom is 0.135 e. The van der Waals surface area contributed by atoms with E-state index in [0.29, 0.717) is 0 Å². The van der Waals surface area contributed by atoms with Crippen LogP contribution in [0.1, 0.15) is 12.5 Å². The molecule has 1 aliphatic heterocycles. The third kappa shape index (κ3) is 2.54. The van der Waals surface area contributed by atoms with E-state index in [1.165, 1.54) is 0 Å². The number of hydrogen-bond acceptors (Lipinski definition) is 3. The molecule has 3 heterocycles. The number of rotatable bonds is 2. The van der Waals surface area contributed by atoms with Gasteiger partial charge in [0.25, 0.3) is 0 Å². The van der Waals surface area contributed by atoms with Crippen LogP contribution >= 0.6 is 0 Å². The molecule has 0 spiro atoms. The van der Waals surface area contributed by atoms with E-state index in [1.54, 1.807) is 0 Å². The summed E-state index contributed by atoms with van der Waals surface area (Å²) < 4.78 is 18.6. The summed E-state index contributed by atoms with van der Waals surface area (Å²) in [6.45, 7) is 2.13. The molecule has 0 saturated carbocycles. The van der Waals surface area contributed by atoms with Crippen molar-refractivity contribution in [2.24, 2.45) is 5.92 Å². The molecule has 1 aliphatic carbocycles. The first kappa shape index (κ1) is 17.7. The molecular formula is C29H20O3. The Morgan fingerprint density at radius 1 is 0.750 bits per heavy atom. The van der Waals surface area contributed by atoms with Gasteiger partial charge in [-0.1, -0.05) is 36.4 Å². The molecule has 0 amide bonds.